The normalized spacial score (nSPS) is 11.2. The topological polar surface area (TPSA) is 78.8 Å². The van der Waals surface area contributed by atoms with Crippen LogP contribution in [-0.4, -0.2) is 24.1 Å². The fraction of sp³-hybridized carbons (Fsp3) is 0.294. The second-order valence-electron chi connectivity index (χ2n) is 5.55. The van der Waals surface area contributed by atoms with E-state index in [1.807, 2.05) is 13.8 Å². The number of rotatable bonds is 5. The van der Waals surface area contributed by atoms with Gasteiger partial charge in [0.25, 0.3) is 5.56 Å². The van der Waals surface area contributed by atoms with E-state index in [1.54, 1.807) is 25.1 Å². The highest BCUT2D eigenvalue weighted by Crippen LogP contribution is 2.36. The van der Waals surface area contributed by atoms with Crippen molar-refractivity contribution in [1.82, 2.24) is 4.68 Å². The van der Waals surface area contributed by atoms with E-state index in [0.717, 1.165) is 10.2 Å². The minimum atomic E-state index is -0.304. The molecule has 1 aromatic heterocycles. The van der Waals surface area contributed by atoms with Gasteiger partial charge < -0.3 is 15.2 Å². The Morgan fingerprint density at radius 2 is 2.00 bits per heavy atom. The van der Waals surface area contributed by atoms with Crippen molar-refractivity contribution in [2.24, 2.45) is 5.10 Å². The van der Waals surface area contributed by atoms with Gasteiger partial charge in [0.05, 0.1) is 24.5 Å². The summed E-state index contributed by atoms with van der Waals surface area (Å²) in [4.78, 5) is 11.9. The SMILES string of the molecule is COc1cc(/C=N\n2c(N)cc(C)cc2=O)cc(Cl)c1OC(C)C. The predicted molar refractivity (Wildman–Crippen MR) is 96.6 cm³/mol. The van der Waals surface area contributed by atoms with Crippen molar-refractivity contribution in [2.45, 2.75) is 26.9 Å². The van der Waals surface area contributed by atoms with E-state index in [1.165, 1.54) is 19.4 Å². The minimum absolute atomic E-state index is 0.0400. The van der Waals surface area contributed by atoms with Crippen LogP contribution in [0.5, 0.6) is 11.5 Å². The summed E-state index contributed by atoms with van der Waals surface area (Å²) < 4.78 is 12.1. The number of ether oxygens (including phenoxy) is 2. The van der Waals surface area contributed by atoms with Gasteiger partial charge in [0.2, 0.25) is 0 Å². The third-order valence-corrected chi connectivity index (χ3v) is 3.39. The Labute approximate surface area is 145 Å². The van der Waals surface area contributed by atoms with Crippen LogP contribution in [0.4, 0.5) is 5.82 Å². The van der Waals surface area contributed by atoms with Crippen molar-refractivity contribution in [3.63, 3.8) is 0 Å². The second-order valence-corrected chi connectivity index (χ2v) is 5.96. The molecular formula is C17H20ClN3O3. The number of hydrogen-bond donors (Lipinski definition) is 1. The molecule has 0 atom stereocenters. The maximum atomic E-state index is 11.9. The Kier molecular flexibility index (Phi) is 5.51. The van der Waals surface area contributed by atoms with Crippen molar-refractivity contribution in [2.75, 3.05) is 12.8 Å². The zero-order valence-corrected chi connectivity index (χ0v) is 14.8. The van der Waals surface area contributed by atoms with Gasteiger partial charge in [-0.05, 0) is 50.1 Å². The summed E-state index contributed by atoms with van der Waals surface area (Å²) in [7, 11) is 1.53. The first-order chi connectivity index (χ1) is 11.3. The Hall–Kier alpha value is -2.47. The highest BCUT2D eigenvalue weighted by molar-refractivity contribution is 6.32. The lowest BCUT2D eigenvalue weighted by Crippen LogP contribution is -2.19. The molecule has 0 saturated heterocycles. The van der Waals surface area contributed by atoms with E-state index in [2.05, 4.69) is 5.10 Å². The molecule has 0 radical (unpaired) electrons. The molecule has 2 rings (SSSR count). The second kappa shape index (κ2) is 7.40. The maximum Gasteiger partial charge on any atom is 0.273 e. The molecule has 0 unspecified atom stereocenters. The number of hydrogen-bond acceptors (Lipinski definition) is 5. The average Bonchev–Trinajstić information content (AvgIpc) is 2.48. The number of methoxy groups -OCH3 is 1. The van der Waals surface area contributed by atoms with Crippen LogP contribution in [0, 0.1) is 6.92 Å². The van der Waals surface area contributed by atoms with Crippen LogP contribution in [0.1, 0.15) is 25.0 Å². The van der Waals surface area contributed by atoms with Gasteiger partial charge in [-0.3, -0.25) is 4.79 Å². The summed E-state index contributed by atoms with van der Waals surface area (Å²) in [6.07, 6.45) is 1.45. The highest BCUT2D eigenvalue weighted by Gasteiger charge is 2.13. The molecular weight excluding hydrogens is 330 g/mol. The molecule has 2 N–H and O–H groups in total. The van der Waals surface area contributed by atoms with Crippen LogP contribution in [0.3, 0.4) is 0 Å². The van der Waals surface area contributed by atoms with Gasteiger partial charge in [-0.15, -0.1) is 0 Å². The van der Waals surface area contributed by atoms with Crippen LogP contribution in [-0.2, 0) is 0 Å². The number of nitrogens with two attached hydrogens (primary N) is 1. The standard InChI is InChI=1S/C17H20ClN3O3/c1-10(2)24-17-13(18)7-12(8-14(17)23-4)9-20-21-15(19)5-11(3)6-16(21)22/h5-10H,19H2,1-4H3/b20-9-. The summed E-state index contributed by atoms with van der Waals surface area (Å²) in [5.74, 6) is 1.22. The smallest absolute Gasteiger partial charge is 0.273 e. The van der Waals surface area contributed by atoms with E-state index in [0.29, 0.717) is 22.1 Å². The average molecular weight is 350 g/mol. The minimum Gasteiger partial charge on any atom is -0.493 e. The molecule has 128 valence electrons. The predicted octanol–water partition coefficient (Wildman–Crippen LogP) is 3.07. The summed E-state index contributed by atoms with van der Waals surface area (Å²) in [6, 6.07) is 6.54. The largest absolute Gasteiger partial charge is 0.493 e. The van der Waals surface area contributed by atoms with E-state index in [-0.39, 0.29) is 17.5 Å². The monoisotopic (exact) mass is 349 g/mol. The maximum absolute atomic E-state index is 11.9. The van der Waals surface area contributed by atoms with Gasteiger partial charge in [0.1, 0.15) is 5.82 Å². The quantitative estimate of drug-likeness (QED) is 0.841. The molecule has 2 aromatic rings. The Balaban J connectivity index is 2.41. The number of anilines is 1. The molecule has 0 aliphatic rings. The van der Waals surface area contributed by atoms with Crippen molar-refractivity contribution in [1.29, 1.82) is 0 Å². The molecule has 1 heterocycles. The zero-order valence-electron chi connectivity index (χ0n) is 14.0. The van der Waals surface area contributed by atoms with E-state index < -0.39 is 0 Å². The van der Waals surface area contributed by atoms with Crippen LogP contribution >= 0.6 is 11.6 Å². The Morgan fingerprint density at radius 1 is 1.29 bits per heavy atom. The van der Waals surface area contributed by atoms with Crippen LogP contribution in [0.15, 0.2) is 34.2 Å². The van der Waals surface area contributed by atoms with Crippen molar-refractivity contribution < 1.29 is 9.47 Å². The summed E-state index contributed by atoms with van der Waals surface area (Å²) in [5.41, 5.74) is 6.96. The zero-order chi connectivity index (χ0) is 17.9. The molecule has 0 aliphatic carbocycles. The lowest BCUT2D eigenvalue weighted by Gasteiger charge is -2.15. The van der Waals surface area contributed by atoms with Gasteiger partial charge in [0.15, 0.2) is 11.5 Å². The number of halogens is 1. The molecule has 1 aromatic carbocycles. The fourth-order valence-corrected chi connectivity index (χ4v) is 2.40. The van der Waals surface area contributed by atoms with Gasteiger partial charge in [0, 0.05) is 6.07 Å². The number of nitrogens with zero attached hydrogens (tertiary/aromatic N) is 2. The number of aryl methyl sites for hydroxylation is 1. The number of nitrogen functional groups attached to an aromatic ring is 1. The third kappa shape index (κ3) is 4.08. The first kappa shape index (κ1) is 17.9. The summed E-state index contributed by atoms with van der Waals surface area (Å²) >= 11 is 6.26. The van der Waals surface area contributed by atoms with Gasteiger partial charge in [-0.1, -0.05) is 11.6 Å². The molecule has 0 bridgehead atoms. The third-order valence-electron chi connectivity index (χ3n) is 3.11. The van der Waals surface area contributed by atoms with Crippen LogP contribution in [0.25, 0.3) is 0 Å². The lowest BCUT2D eigenvalue weighted by atomic mass is 10.2. The van der Waals surface area contributed by atoms with E-state index in [9.17, 15) is 4.79 Å². The molecule has 0 amide bonds. The Bertz CT molecular complexity index is 829. The van der Waals surface area contributed by atoms with Gasteiger partial charge in [-0.2, -0.15) is 9.78 Å². The number of benzene rings is 1. The Morgan fingerprint density at radius 3 is 2.58 bits per heavy atom. The summed E-state index contributed by atoms with van der Waals surface area (Å²) in [5, 5.41) is 4.52. The number of pyridine rings is 1. The number of aromatic nitrogens is 1. The first-order valence-electron chi connectivity index (χ1n) is 7.39. The molecule has 0 spiro atoms. The summed E-state index contributed by atoms with van der Waals surface area (Å²) in [6.45, 7) is 5.60. The molecule has 0 aliphatic heterocycles. The van der Waals surface area contributed by atoms with Crippen molar-refractivity contribution in [3.05, 3.63) is 50.8 Å². The molecule has 7 heteroatoms. The van der Waals surface area contributed by atoms with Crippen LogP contribution < -0.4 is 20.8 Å². The molecule has 0 fully saturated rings. The molecule has 6 nitrogen and oxygen atoms in total. The van der Waals surface area contributed by atoms with E-state index >= 15 is 0 Å². The molecule has 24 heavy (non-hydrogen) atoms. The lowest BCUT2D eigenvalue weighted by molar-refractivity contribution is 0.230. The van der Waals surface area contributed by atoms with Crippen molar-refractivity contribution >= 4 is 23.6 Å². The van der Waals surface area contributed by atoms with Crippen LogP contribution in [0.2, 0.25) is 5.02 Å². The fourth-order valence-electron chi connectivity index (χ4n) is 2.13. The van der Waals surface area contributed by atoms with Crippen molar-refractivity contribution in [3.8, 4) is 11.5 Å². The van der Waals surface area contributed by atoms with Gasteiger partial charge in [-0.25, -0.2) is 0 Å². The molecule has 0 saturated carbocycles. The van der Waals surface area contributed by atoms with E-state index in [4.69, 9.17) is 26.8 Å². The highest BCUT2D eigenvalue weighted by atomic mass is 35.5. The first-order valence-corrected chi connectivity index (χ1v) is 7.77. The van der Waals surface area contributed by atoms with Gasteiger partial charge >= 0.3 is 0 Å².